The maximum atomic E-state index is 12.3. The van der Waals surface area contributed by atoms with E-state index in [0.717, 1.165) is 54.3 Å². The fourth-order valence-corrected chi connectivity index (χ4v) is 4.69. The van der Waals surface area contributed by atoms with Gasteiger partial charge < -0.3 is 15.5 Å². The molecule has 1 aliphatic heterocycles. The highest BCUT2D eigenvalue weighted by Gasteiger charge is 2.34. The van der Waals surface area contributed by atoms with Crippen molar-refractivity contribution in [1.82, 2.24) is 9.29 Å². The van der Waals surface area contributed by atoms with E-state index in [1.807, 2.05) is 42.5 Å². The van der Waals surface area contributed by atoms with E-state index in [0.29, 0.717) is 0 Å². The van der Waals surface area contributed by atoms with Gasteiger partial charge in [0.2, 0.25) is 5.91 Å². The molecule has 6 heteroatoms. The summed E-state index contributed by atoms with van der Waals surface area (Å²) in [5, 5.41) is 1.18. The predicted octanol–water partition coefficient (Wildman–Crippen LogP) is 4.44. The Bertz CT molecular complexity index is 968. The van der Waals surface area contributed by atoms with Crippen LogP contribution < -0.4 is 10.5 Å². The third-order valence-electron chi connectivity index (χ3n) is 5.07. The van der Waals surface area contributed by atoms with Gasteiger partial charge in [0.25, 0.3) is 0 Å². The van der Waals surface area contributed by atoms with Gasteiger partial charge in [0.05, 0.1) is 6.61 Å². The van der Waals surface area contributed by atoms with Crippen LogP contribution in [0.25, 0.3) is 10.9 Å². The Morgan fingerprint density at radius 1 is 1.25 bits per heavy atom. The first-order valence-electron chi connectivity index (χ1n) is 9.73. The third-order valence-corrected chi connectivity index (χ3v) is 6.18. The van der Waals surface area contributed by atoms with Crippen molar-refractivity contribution in [1.29, 1.82) is 0 Å². The molecule has 0 bridgehead atoms. The molecule has 0 saturated carbocycles. The van der Waals surface area contributed by atoms with Gasteiger partial charge in [0.15, 0.2) is 0 Å². The van der Waals surface area contributed by atoms with Crippen LogP contribution in [0.4, 0.5) is 0 Å². The number of ether oxygens (including phenoxy) is 1. The highest BCUT2D eigenvalue weighted by Crippen LogP contribution is 2.40. The van der Waals surface area contributed by atoms with Crippen molar-refractivity contribution in [3.63, 3.8) is 0 Å². The lowest BCUT2D eigenvalue weighted by Gasteiger charge is -2.32. The Morgan fingerprint density at radius 3 is 2.79 bits per heavy atom. The number of rotatable bonds is 7. The largest absolute Gasteiger partial charge is 0.494 e. The summed E-state index contributed by atoms with van der Waals surface area (Å²) in [6.45, 7) is 3.65. The summed E-state index contributed by atoms with van der Waals surface area (Å²) >= 11 is 1.57. The first-order valence-corrected chi connectivity index (χ1v) is 10.5. The monoisotopic (exact) mass is 395 g/mol. The number of aromatic nitrogens is 1. The molecule has 28 heavy (non-hydrogen) atoms. The van der Waals surface area contributed by atoms with Gasteiger partial charge in [0, 0.05) is 28.0 Å². The van der Waals surface area contributed by atoms with E-state index in [2.05, 4.69) is 22.3 Å². The summed E-state index contributed by atoms with van der Waals surface area (Å²) in [7, 11) is 0. The number of unbranched alkanes of at least 4 members (excludes halogenated alkanes) is 1. The highest BCUT2D eigenvalue weighted by atomic mass is 32.2. The molecule has 4 rings (SSSR count). The van der Waals surface area contributed by atoms with Crippen molar-refractivity contribution in [2.75, 3.05) is 13.2 Å². The Balaban J connectivity index is 1.54. The van der Waals surface area contributed by atoms with Gasteiger partial charge >= 0.3 is 0 Å². The van der Waals surface area contributed by atoms with E-state index >= 15 is 0 Å². The number of hydrogen-bond acceptors (Lipinski definition) is 4. The number of para-hydroxylation sites is 1. The zero-order valence-electron chi connectivity index (χ0n) is 16.0. The third kappa shape index (κ3) is 3.75. The van der Waals surface area contributed by atoms with Crippen LogP contribution in [-0.4, -0.2) is 28.3 Å². The summed E-state index contributed by atoms with van der Waals surface area (Å²) in [5.41, 5.74) is 8.99. The minimum absolute atomic E-state index is 0.334. The summed E-state index contributed by atoms with van der Waals surface area (Å²) in [6, 6.07) is 15.7. The van der Waals surface area contributed by atoms with E-state index in [1.165, 1.54) is 10.9 Å². The number of nitrogens with two attached hydrogens (primary N) is 1. The number of hydrogen-bond donors (Lipinski definition) is 2. The summed E-state index contributed by atoms with van der Waals surface area (Å²) in [4.78, 5) is 16.8. The maximum absolute atomic E-state index is 12.3. The van der Waals surface area contributed by atoms with Crippen LogP contribution in [0.15, 0.2) is 53.4 Å². The van der Waals surface area contributed by atoms with Gasteiger partial charge in [-0.2, -0.15) is 0 Å². The molecule has 0 aliphatic carbocycles. The molecule has 2 heterocycles. The topological polar surface area (TPSA) is 71.3 Å². The quantitative estimate of drug-likeness (QED) is 0.458. The number of nitrogens with zero attached hydrogens (tertiary/aromatic N) is 1. The fourth-order valence-electron chi connectivity index (χ4n) is 3.67. The molecule has 1 amide bonds. The van der Waals surface area contributed by atoms with Crippen LogP contribution in [0.3, 0.4) is 0 Å². The molecule has 2 aromatic carbocycles. The molecule has 1 aromatic heterocycles. The number of carbonyl (C=O) groups is 1. The highest BCUT2D eigenvalue weighted by molar-refractivity contribution is 7.97. The van der Waals surface area contributed by atoms with Crippen molar-refractivity contribution in [2.24, 2.45) is 5.73 Å². The number of fused-ring (bicyclic) bond motifs is 3. The molecule has 0 spiro atoms. The van der Waals surface area contributed by atoms with Crippen molar-refractivity contribution in [3.8, 4) is 5.75 Å². The first-order chi connectivity index (χ1) is 13.7. The van der Waals surface area contributed by atoms with E-state index in [4.69, 9.17) is 10.5 Å². The average molecular weight is 396 g/mol. The minimum atomic E-state index is -0.471. The molecular weight excluding hydrogens is 370 g/mol. The van der Waals surface area contributed by atoms with Crippen molar-refractivity contribution < 1.29 is 9.53 Å². The SMILES string of the molecule is CCCCOc1ccc(SN2CCc3c([nH]c4ccccc34)C2C(N)=O)cc1. The fraction of sp³-hybridized carbons (Fsp3) is 0.318. The zero-order chi connectivity index (χ0) is 19.5. The molecule has 1 atom stereocenters. The summed E-state index contributed by atoms with van der Waals surface area (Å²) < 4.78 is 7.81. The number of benzene rings is 2. The number of H-pyrrole nitrogens is 1. The van der Waals surface area contributed by atoms with Crippen LogP contribution in [0.2, 0.25) is 0 Å². The van der Waals surface area contributed by atoms with Crippen LogP contribution >= 0.6 is 11.9 Å². The maximum Gasteiger partial charge on any atom is 0.241 e. The second-order valence-electron chi connectivity index (χ2n) is 7.02. The zero-order valence-corrected chi connectivity index (χ0v) is 16.8. The lowest BCUT2D eigenvalue weighted by molar-refractivity contribution is -0.122. The molecule has 5 nitrogen and oxygen atoms in total. The number of aromatic amines is 1. The Kier molecular flexibility index (Phi) is 5.59. The molecule has 1 unspecified atom stereocenters. The van der Waals surface area contributed by atoms with Crippen molar-refractivity contribution in [3.05, 3.63) is 59.8 Å². The molecule has 146 valence electrons. The molecule has 1 aliphatic rings. The Labute approximate surface area is 169 Å². The van der Waals surface area contributed by atoms with Crippen LogP contribution in [-0.2, 0) is 11.2 Å². The average Bonchev–Trinajstić information content (AvgIpc) is 3.07. The Morgan fingerprint density at radius 2 is 2.04 bits per heavy atom. The van der Waals surface area contributed by atoms with Crippen molar-refractivity contribution in [2.45, 2.75) is 37.1 Å². The molecule has 3 N–H and O–H groups in total. The number of nitrogens with one attached hydrogen (secondary N) is 1. The van der Waals surface area contributed by atoms with Gasteiger partial charge in [-0.25, -0.2) is 4.31 Å². The van der Waals surface area contributed by atoms with E-state index in [1.54, 1.807) is 11.9 Å². The Hall–Kier alpha value is -2.44. The summed E-state index contributed by atoms with van der Waals surface area (Å²) in [6.07, 6.45) is 3.05. The van der Waals surface area contributed by atoms with E-state index in [-0.39, 0.29) is 5.91 Å². The van der Waals surface area contributed by atoms with E-state index in [9.17, 15) is 4.79 Å². The van der Waals surface area contributed by atoms with Crippen LogP contribution in [0.5, 0.6) is 5.75 Å². The molecule has 0 fully saturated rings. The van der Waals surface area contributed by atoms with Crippen molar-refractivity contribution >= 4 is 28.8 Å². The van der Waals surface area contributed by atoms with Gasteiger partial charge in [-0.3, -0.25) is 4.79 Å². The summed E-state index contributed by atoms with van der Waals surface area (Å²) in [5.74, 6) is 0.542. The minimum Gasteiger partial charge on any atom is -0.494 e. The lowest BCUT2D eigenvalue weighted by Crippen LogP contribution is -2.38. The number of primary amides is 1. The van der Waals surface area contributed by atoms with E-state index < -0.39 is 6.04 Å². The standard InChI is InChI=1S/C22H25N3O2S/c1-2-3-14-27-15-8-10-16(11-9-15)28-25-13-12-18-17-6-4-5-7-19(17)24-20(18)21(25)22(23)26/h4-11,21,24H,2-3,12-14H2,1H3,(H2,23,26). The van der Waals surface area contributed by atoms with Crippen LogP contribution in [0.1, 0.15) is 37.1 Å². The predicted molar refractivity (Wildman–Crippen MR) is 113 cm³/mol. The van der Waals surface area contributed by atoms with Crippen LogP contribution in [0, 0.1) is 0 Å². The molecule has 0 radical (unpaired) electrons. The van der Waals surface area contributed by atoms with Gasteiger partial charge in [-0.1, -0.05) is 31.5 Å². The normalized spacial score (nSPS) is 16.8. The number of amides is 1. The second kappa shape index (κ2) is 8.29. The van der Waals surface area contributed by atoms with Gasteiger partial charge in [0.1, 0.15) is 11.8 Å². The second-order valence-corrected chi connectivity index (χ2v) is 8.15. The van der Waals surface area contributed by atoms with Gasteiger partial charge in [-0.05, 0) is 60.7 Å². The lowest BCUT2D eigenvalue weighted by atomic mass is 9.99. The molecular formula is C22H25N3O2S. The smallest absolute Gasteiger partial charge is 0.241 e. The number of carbonyl (C=O) groups excluding carboxylic acids is 1. The van der Waals surface area contributed by atoms with Gasteiger partial charge in [-0.15, -0.1) is 0 Å². The molecule has 0 saturated heterocycles. The molecule has 3 aromatic rings. The first kappa shape index (κ1) is 18.9.